The summed E-state index contributed by atoms with van der Waals surface area (Å²) in [4.78, 5) is 0. The molecule has 4 aromatic carbocycles. The molecular formula is C23H17Si-. The summed E-state index contributed by atoms with van der Waals surface area (Å²) in [6.45, 7) is 0. The van der Waals surface area contributed by atoms with Gasteiger partial charge in [0.15, 0.2) is 0 Å². The molecule has 114 valence electrons. The molecule has 0 spiro atoms. The molecular weight excluding hydrogens is 304 g/mol. The van der Waals surface area contributed by atoms with Gasteiger partial charge >= 0.3 is 0 Å². The van der Waals surface area contributed by atoms with Crippen LogP contribution in [0.15, 0.2) is 103 Å². The summed E-state index contributed by atoms with van der Waals surface area (Å²) in [7, 11) is -2.17. The fourth-order valence-electron chi connectivity index (χ4n) is 4.34. The number of rotatable bonds is 2. The second-order valence-corrected chi connectivity index (χ2v) is 10.1. The van der Waals surface area contributed by atoms with Crippen LogP contribution in [0.4, 0.5) is 0 Å². The average Bonchev–Trinajstić information content (AvgIpc) is 3.24. The third kappa shape index (κ3) is 1.65. The molecule has 0 bridgehead atoms. The summed E-state index contributed by atoms with van der Waals surface area (Å²) in [5.74, 6) is 0. The Labute approximate surface area is 143 Å². The SMILES string of the molecule is c1ccc([Si]2(c3ccccc3)c3ccccc3-[c-]3cccc32)cc1. The molecule has 0 atom stereocenters. The second kappa shape index (κ2) is 5.12. The van der Waals surface area contributed by atoms with Crippen molar-refractivity contribution >= 4 is 28.8 Å². The highest BCUT2D eigenvalue weighted by Gasteiger charge is 2.43. The average molecular weight is 321 g/mol. The van der Waals surface area contributed by atoms with E-state index in [0.29, 0.717) is 0 Å². The van der Waals surface area contributed by atoms with Gasteiger partial charge in [-0.1, -0.05) is 100.0 Å². The first-order chi connectivity index (χ1) is 11.9. The highest BCUT2D eigenvalue weighted by molar-refractivity contribution is 7.22. The van der Waals surface area contributed by atoms with E-state index >= 15 is 0 Å². The maximum Gasteiger partial charge on any atom is 0.128 e. The van der Waals surface area contributed by atoms with Gasteiger partial charge in [0.2, 0.25) is 0 Å². The first-order valence-corrected chi connectivity index (χ1v) is 10.4. The van der Waals surface area contributed by atoms with Gasteiger partial charge < -0.3 is 0 Å². The Bertz CT molecular complexity index is 957. The van der Waals surface area contributed by atoms with E-state index in [0.717, 1.165) is 0 Å². The highest BCUT2D eigenvalue weighted by atomic mass is 28.3. The fraction of sp³-hybridized carbons (Fsp3) is 0. The van der Waals surface area contributed by atoms with E-state index in [1.165, 1.54) is 31.9 Å². The largest absolute Gasteiger partial charge is 0.152 e. The summed E-state index contributed by atoms with van der Waals surface area (Å²) in [5, 5.41) is 5.98. The first-order valence-electron chi connectivity index (χ1n) is 8.39. The summed E-state index contributed by atoms with van der Waals surface area (Å²) in [5.41, 5.74) is 2.84. The number of hydrogen-bond acceptors (Lipinski definition) is 0. The standard InChI is InChI=1S/C23H17Si/c1-3-10-18(11-4-1)24(19-12-5-2-6-13-19)22-16-8-7-14-20(22)21-15-9-17-23(21)24/h1-17H/q-1. The lowest BCUT2D eigenvalue weighted by Gasteiger charge is -2.34. The molecule has 0 unspecified atom stereocenters. The molecule has 0 saturated heterocycles. The van der Waals surface area contributed by atoms with Gasteiger partial charge in [-0.25, -0.2) is 0 Å². The van der Waals surface area contributed by atoms with E-state index in [-0.39, 0.29) is 0 Å². The van der Waals surface area contributed by atoms with E-state index in [2.05, 4.69) is 103 Å². The van der Waals surface area contributed by atoms with Crippen molar-refractivity contribution in [2.24, 2.45) is 0 Å². The Hall–Kier alpha value is -2.77. The topological polar surface area (TPSA) is 0 Å². The van der Waals surface area contributed by atoms with E-state index in [1.807, 2.05) is 0 Å². The maximum absolute atomic E-state index is 2.35. The molecule has 24 heavy (non-hydrogen) atoms. The molecule has 0 aromatic heterocycles. The minimum Gasteiger partial charge on any atom is -0.152 e. The minimum atomic E-state index is -2.17. The van der Waals surface area contributed by atoms with Crippen LogP contribution >= 0.6 is 0 Å². The predicted molar refractivity (Wildman–Crippen MR) is 105 cm³/mol. The van der Waals surface area contributed by atoms with Crippen molar-refractivity contribution in [2.75, 3.05) is 0 Å². The Morgan fingerprint density at radius 1 is 0.542 bits per heavy atom. The molecule has 0 N–H and O–H groups in total. The molecule has 1 heteroatoms. The maximum atomic E-state index is 2.35. The summed E-state index contributed by atoms with van der Waals surface area (Å²) >= 11 is 0. The minimum absolute atomic E-state index is 1.41. The normalized spacial score (nSPS) is 14.2. The van der Waals surface area contributed by atoms with E-state index in [1.54, 1.807) is 0 Å². The van der Waals surface area contributed by atoms with Crippen LogP contribution in [0.3, 0.4) is 0 Å². The van der Waals surface area contributed by atoms with Crippen molar-refractivity contribution in [1.82, 2.24) is 0 Å². The van der Waals surface area contributed by atoms with Crippen LogP contribution in [0, 0.1) is 0 Å². The van der Waals surface area contributed by atoms with Gasteiger partial charge in [-0.15, -0.1) is 22.9 Å². The van der Waals surface area contributed by atoms with Gasteiger partial charge in [0.05, 0.1) is 0 Å². The molecule has 4 aromatic rings. The molecule has 0 saturated carbocycles. The van der Waals surface area contributed by atoms with Gasteiger partial charge in [-0.05, 0) is 0 Å². The smallest absolute Gasteiger partial charge is 0.128 e. The van der Waals surface area contributed by atoms with Crippen LogP contribution in [0.2, 0.25) is 0 Å². The van der Waals surface area contributed by atoms with Crippen LogP contribution in [0.5, 0.6) is 0 Å². The Kier molecular flexibility index (Phi) is 2.91. The summed E-state index contributed by atoms with van der Waals surface area (Å²) in [6, 6.07) is 38.1. The van der Waals surface area contributed by atoms with Gasteiger partial charge in [0, 0.05) is 0 Å². The Morgan fingerprint density at radius 2 is 1.12 bits per heavy atom. The van der Waals surface area contributed by atoms with Gasteiger partial charge in [-0.2, -0.15) is 12.1 Å². The zero-order valence-corrected chi connectivity index (χ0v) is 14.3. The number of hydrogen-bond donors (Lipinski definition) is 0. The van der Waals surface area contributed by atoms with Crippen molar-refractivity contribution in [3.05, 3.63) is 103 Å². The molecule has 1 aliphatic rings. The van der Waals surface area contributed by atoms with Crippen LogP contribution < -0.4 is 20.7 Å². The van der Waals surface area contributed by atoms with Crippen molar-refractivity contribution < 1.29 is 0 Å². The van der Waals surface area contributed by atoms with E-state index in [9.17, 15) is 0 Å². The van der Waals surface area contributed by atoms with Gasteiger partial charge in [0.25, 0.3) is 0 Å². The van der Waals surface area contributed by atoms with Gasteiger partial charge in [0.1, 0.15) is 8.07 Å². The van der Waals surface area contributed by atoms with Crippen LogP contribution in [0.25, 0.3) is 11.1 Å². The lowest BCUT2D eigenvalue weighted by Crippen LogP contribution is -2.72. The van der Waals surface area contributed by atoms with Crippen molar-refractivity contribution in [1.29, 1.82) is 0 Å². The molecule has 0 aliphatic carbocycles. The monoisotopic (exact) mass is 321 g/mol. The summed E-state index contributed by atoms with van der Waals surface area (Å²) < 4.78 is 0. The number of fused-ring (bicyclic) bond motifs is 3. The molecule has 1 heterocycles. The van der Waals surface area contributed by atoms with Crippen LogP contribution in [-0.2, 0) is 0 Å². The van der Waals surface area contributed by atoms with Gasteiger partial charge in [-0.3, -0.25) is 0 Å². The third-order valence-electron chi connectivity index (χ3n) is 5.25. The predicted octanol–water partition coefficient (Wildman–Crippen LogP) is 2.76. The first kappa shape index (κ1) is 13.6. The fourth-order valence-corrected chi connectivity index (χ4v) is 9.53. The molecule has 0 fully saturated rings. The van der Waals surface area contributed by atoms with E-state index in [4.69, 9.17) is 0 Å². The van der Waals surface area contributed by atoms with Crippen molar-refractivity contribution in [3.8, 4) is 11.1 Å². The zero-order chi connectivity index (χ0) is 16.0. The van der Waals surface area contributed by atoms with Crippen LogP contribution in [-0.4, -0.2) is 8.07 Å². The Balaban J connectivity index is 1.97. The molecule has 1 aliphatic heterocycles. The highest BCUT2D eigenvalue weighted by Crippen LogP contribution is 2.28. The molecule has 0 amide bonds. The second-order valence-electron chi connectivity index (χ2n) is 6.38. The van der Waals surface area contributed by atoms with E-state index < -0.39 is 8.07 Å². The number of benzene rings is 3. The molecule has 0 radical (unpaired) electrons. The Morgan fingerprint density at radius 3 is 1.79 bits per heavy atom. The zero-order valence-electron chi connectivity index (χ0n) is 13.3. The molecule has 0 nitrogen and oxygen atoms in total. The lowest BCUT2D eigenvalue weighted by molar-refractivity contribution is 1.70. The van der Waals surface area contributed by atoms with Crippen molar-refractivity contribution in [2.45, 2.75) is 0 Å². The third-order valence-corrected chi connectivity index (χ3v) is 10.1. The summed E-state index contributed by atoms with van der Waals surface area (Å²) in [6.07, 6.45) is 0. The lowest BCUT2D eigenvalue weighted by atomic mass is 10.1. The molecule has 5 rings (SSSR count). The quantitative estimate of drug-likeness (QED) is 0.346. The van der Waals surface area contributed by atoms with Crippen LogP contribution in [0.1, 0.15) is 0 Å². The van der Waals surface area contributed by atoms with Crippen molar-refractivity contribution in [3.63, 3.8) is 0 Å².